The van der Waals surface area contributed by atoms with Crippen LogP contribution in [0.5, 0.6) is 0 Å². The number of carbonyl (C=O) groups is 2. The van der Waals surface area contributed by atoms with Crippen LogP contribution in [-0.2, 0) is 5.60 Å². The van der Waals surface area contributed by atoms with Gasteiger partial charge in [0.25, 0.3) is 5.91 Å². The van der Waals surface area contributed by atoms with E-state index in [1.54, 1.807) is 0 Å². The number of β-amino-alcohol motifs (C(OH)–C–C–N with tert-alkyl or cyclic N) is 1. The fourth-order valence-electron chi connectivity index (χ4n) is 4.41. The summed E-state index contributed by atoms with van der Waals surface area (Å²) >= 11 is 12.2. The van der Waals surface area contributed by atoms with E-state index in [9.17, 15) is 36.6 Å². The van der Waals surface area contributed by atoms with E-state index in [1.165, 1.54) is 6.07 Å². The normalized spacial score (nSPS) is 20.5. The topological polar surface area (TPSA) is 94.6 Å². The highest BCUT2D eigenvalue weighted by Crippen LogP contribution is 2.49. The van der Waals surface area contributed by atoms with Crippen LogP contribution in [-0.4, -0.2) is 34.7 Å². The molecule has 1 aromatic heterocycles. The number of pyridine rings is 1. The van der Waals surface area contributed by atoms with Crippen molar-refractivity contribution in [3.05, 3.63) is 86.7 Å². The van der Waals surface area contributed by atoms with Gasteiger partial charge >= 0.3 is 12.2 Å². The van der Waals surface area contributed by atoms with Gasteiger partial charge in [0.1, 0.15) is 22.5 Å². The SMILES string of the molecule is O=C1N[C@H](c2cc(F)ccc2Cl)c2c(NC(=O)N3C[C@](O)(C(F)(F)F)c4cc(F)ccc43)cc(Cl)nc21. The van der Waals surface area contributed by atoms with Gasteiger partial charge in [-0.1, -0.05) is 23.2 Å². The van der Waals surface area contributed by atoms with E-state index in [2.05, 4.69) is 15.6 Å². The fourth-order valence-corrected chi connectivity index (χ4v) is 4.83. The van der Waals surface area contributed by atoms with Gasteiger partial charge in [0, 0.05) is 21.7 Å². The maximum absolute atomic E-state index is 14.0. The number of rotatable bonds is 2. The van der Waals surface area contributed by atoms with Gasteiger partial charge in [-0.25, -0.2) is 18.6 Å². The van der Waals surface area contributed by atoms with Gasteiger partial charge in [-0.05, 0) is 42.5 Å². The molecule has 192 valence electrons. The number of aromatic nitrogens is 1. The van der Waals surface area contributed by atoms with Crippen LogP contribution in [0.15, 0.2) is 42.5 Å². The summed E-state index contributed by atoms with van der Waals surface area (Å²) in [6.07, 6.45) is -5.23. The Morgan fingerprint density at radius 2 is 1.81 bits per heavy atom. The lowest BCUT2D eigenvalue weighted by molar-refractivity contribution is -0.258. The first-order valence-corrected chi connectivity index (χ1v) is 11.2. The van der Waals surface area contributed by atoms with Crippen molar-refractivity contribution in [2.75, 3.05) is 16.8 Å². The molecule has 3 amide bonds. The van der Waals surface area contributed by atoms with Crippen molar-refractivity contribution < 1.29 is 36.6 Å². The van der Waals surface area contributed by atoms with Gasteiger partial charge in [0.2, 0.25) is 5.60 Å². The Balaban J connectivity index is 1.57. The molecule has 14 heteroatoms. The van der Waals surface area contributed by atoms with Crippen molar-refractivity contribution >= 4 is 46.5 Å². The van der Waals surface area contributed by atoms with Crippen molar-refractivity contribution in [1.82, 2.24) is 10.3 Å². The molecule has 7 nitrogen and oxygen atoms in total. The van der Waals surface area contributed by atoms with Crippen LogP contribution in [0.4, 0.5) is 38.1 Å². The third kappa shape index (κ3) is 4.05. The monoisotopic (exact) mass is 558 g/mol. The molecule has 0 unspecified atom stereocenters. The van der Waals surface area contributed by atoms with E-state index in [1.807, 2.05) is 0 Å². The van der Waals surface area contributed by atoms with Crippen LogP contribution in [0.3, 0.4) is 0 Å². The number of amides is 3. The number of hydrogen-bond acceptors (Lipinski definition) is 4. The molecule has 0 fully saturated rings. The largest absolute Gasteiger partial charge is 0.423 e. The van der Waals surface area contributed by atoms with Crippen LogP contribution >= 0.6 is 23.2 Å². The summed E-state index contributed by atoms with van der Waals surface area (Å²) in [5.41, 5.74) is -4.93. The number of urea groups is 1. The molecule has 0 radical (unpaired) electrons. The lowest BCUT2D eigenvalue weighted by Gasteiger charge is -2.27. The number of anilines is 2. The molecule has 2 aliphatic rings. The molecule has 3 N–H and O–H groups in total. The minimum absolute atomic E-state index is 0.0415. The summed E-state index contributed by atoms with van der Waals surface area (Å²) in [6, 6.07) is 4.61. The predicted molar refractivity (Wildman–Crippen MR) is 123 cm³/mol. The molecule has 0 saturated heterocycles. The quantitative estimate of drug-likeness (QED) is 0.294. The first kappa shape index (κ1) is 25.2. The van der Waals surface area contributed by atoms with E-state index in [4.69, 9.17) is 23.2 Å². The second-order valence-corrected chi connectivity index (χ2v) is 9.16. The number of nitrogens with zero attached hydrogens (tertiary/aromatic N) is 2. The molecule has 0 spiro atoms. The third-order valence-electron chi connectivity index (χ3n) is 6.11. The molecule has 0 aliphatic carbocycles. The average Bonchev–Trinajstić information content (AvgIpc) is 3.30. The summed E-state index contributed by atoms with van der Waals surface area (Å²) in [5, 5.41) is 15.2. The van der Waals surface area contributed by atoms with Crippen LogP contribution in [0.2, 0.25) is 10.2 Å². The van der Waals surface area contributed by atoms with Gasteiger partial charge in [0.15, 0.2) is 0 Å². The molecule has 0 bridgehead atoms. The van der Waals surface area contributed by atoms with Crippen LogP contribution < -0.4 is 15.5 Å². The number of hydrogen-bond donors (Lipinski definition) is 3. The predicted octanol–water partition coefficient (Wildman–Crippen LogP) is 5.30. The minimum Gasteiger partial charge on any atom is -0.375 e. The Morgan fingerprint density at radius 3 is 2.51 bits per heavy atom. The Morgan fingerprint density at radius 1 is 1.14 bits per heavy atom. The van der Waals surface area contributed by atoms with E-state index in [0.29, 0.717) is 11.0 Å². The van der Waals surface area contributed by atoms with Crippen molar-refractivity contribution in [2.45, 2.75) is 17.8 Å². The van der Waals surface area contributed by atoms with Crippen molar-refractivity contribution in [2.24, 2.45) is 0 Å². The maximum atomic E-state index is 14.0. The van der Waals surface area contributed by atoms with Gasteiger partial charge in [-0.3, -0.25) is 9.69 Å². The van der Waals surface area contributed by atoms with Crippen molar-refractivity contribution in [3.63, 3.8) is 0 Å². The molecule has 37 heavy (non-hydrogen) atoms. The van der Waals surface area contributed by atoms with Gasteiger partial charge in [-0.15, -0.1) is 0 Å². The summed E-state index contributed by atoms with van der Waals surface area (Å²) < 4.78 is 69.0. The Bertz CT molecular complexity index is 1490. The maximum Gasteiger partial charge on any atom is 0.423 e. The number of nitrogens with one attached hydrogen (secondary N) is 2. The fraction of sp³-hybridized carbons (Fsp3) is 0.174. The molecule has 2 aliphatic heterocycles. The summed E-state index contributed by atoms with van der Waals surface area (Å²) in [6.45, 7) is -1.27. The van der Waals surface area contributed by atoms with E-state index in [-0.39, 0.29) is 38.4 Å². The third-order valence-corrected chi connectivity index (χ3v) is 6.65. The number of fused-ring (bicyclic) bond motifs is 2. The first-order valence-electron chi connectivity index (χ1n) is 10.4. The highest BCUT2D eigenvalue weighted by Gasteiger charge is 2.61. The highest BCUT2D eigenvalue weighted by atomic mass is 35.5. The zero-order chi connectivity index (χ0) is 26.9. The van der Waals surface area contributed by atoms with Crippen molar-refractivity contribution in [3.8, 4) is 0 Å². The van der Waals surface area contributed by atoms with E-state index in [0.717, 1.165) is 30.3 Å². The summed E-state index contributed by atoms with van der Waals surface area (Å²) in [7, 11) is 0. The Hall–Kier alpha value is -3.48. The van der Waals surface area contributed by atoms with Crippen LogP contribution in [0.1, 0.15) is 33.2 Å². The molecule has 0 saturated carbocycles. The molecule has 2 atom stereocenters. The van der Waals surface area contributed by atoms with Gasteiger partial charge < -0.3 is 15.7 Å². The number of halogens is 7. The first-order chi connectivity index (χ1) is 17.3. The molecular weight excluding hydrogens is 546 g/mol. The standard InChI is InChI=1S/C23H13Cl2F5N4O3/c24-13-3-1-9(26)5-11(13)18-17-14(7-16(25)32-19(17)20(35)33-18)31-21(36)34-8-22(37,23(28,29)30)12-6-10(27)2-4-15(12)34/h1-7,18,37H,8H2,(H,33,35)(H,31,32,36)/t18-,22-/m1/s1. The summed E-state index contributed by atoms with van der Waals surface area (Å²) in [4.78, 5) is 30.3. The van der Waals surface area contributed by atoms with Crippen LogP contribution in [0.25, 0.3) is 0 Å². The second kappa shape index (κ2) is 8.54. The lowest BCUT2D eigenvalue weighted by atomic mass is 9.95. The number of benzene rings is 2. The lowest BCUT2D eigenvalue weighted by Crippen LogP contribution is -2.48. The summed E-state index contributed by atoms with van der Waals surface area (Å²) in [5.74, 6) is -2.42. The van der Waals surface area contributed by atoms with Gasteiger partial charge in [0.05, 0.1) is 24.0 Å². The zero-order valence-corrected chi connectivity index (χ0v) is 19.6. The van der Waals surface area contributed by atoms with E-state index >= 15 is 0 Å². The average molecular weight is 559 g/mol. The zero-order valence-electron chi connectivity index (χ0n) is 18.1. The molecule has 2 aromatic carbocycles. The number of aliphatic hydroxyl groups is 1. The second-order valence-electron chi connectivity index (χ2n) is 8.36. The van der Waals surface area contributed by atoms with Crippen molar-refractivity contribution in [1.29, 1.82) is 0 Å². The Kier molecular flexibility index (Phi) is 5.81. The van der Waals surface area contributed by atoms with E-state index < -0.39 is 53.5 Å². The van der Waals surface area contributed by atoms with Crippen LogP contribution in [0, 0.1) is 11.6 Å². The number of carbonyl (C=O) groups excluding carboxylic acids is 2. The molecular formula is C23H13Cl2F5N4O3. The molecule has 3 heterocycles. The molecule has 3 aromatic rings. The van der Waals surface area contributed by atoms with Gasteiger partial charge in [-0.2, -0.15) is 13.2 Å². The Labute approximate surface area is 214 Å². The minimum atomic E-state index is -5.23. The number of alkyl halides is 3. The highest BCUT2D eigenvalue weighted by molar-refractivity contribution is 6.31. The molecule has 5 rings (SSSR count). The smallest absolute Gasteiger partial charge is 0.375 e.